The monoisotopic (exact) mass is 281 g/mol. The molecule has 0 atom stereocenters. The maximum Gasteiger partial charge on any atom is 0.155 e. The molecule has 3 aromatic rings. The van der Waals surface area contributed by atoms with Crippen molar-refractivity contribution in [3.63, 3.8) is 0 Å². The highest BCUT2D eigenvalue weighted by Gasteiger charge is 2.08. The smallest absolute Gasteiger partial charge is 0.155 e. The highest BCUT2D eigenvalue weighted by Crippen LogP contribution is 2.26. The molecule has 0 amide bonds. The molecule has 3 rings (SSSR count). The number of hydrogen-bond donors (Lipinski definition) is 0. The lowest BCUT2D eigenvalue weighted by molar-refractivity contribution is 1.19. The Kier molecular flexibility index (Phi) is 1.94. The van der Waals surface area contributed by atoms with Crippen molar-refractivity contribution in [2.24, 2.45) is 0 Å². The lowest BCUT2D eigenvalue weighted by Crippen LogP contribution is -1.91. The van der Waals surface area contributed by atoms with Crippen LogP contribution in [0.3, 0.4) is 0 Å². The Balaban J connectivity index is 2.66. The van der Waals surface area contributed by atoms with E-state index in [1.807, 2.05) is 22.6 Å². The molecule has 0 saturated carbocycles. The average molecular weight is 283 g/mol. The van der Waals surface area contributed by atoms with Gasteiger partial charge in [0.2, 0.25) is 0 Å². The summed E-state index contributed by atoms with van der Waals surface area (Å²) in [5.41, 5.74) is 2.65. The SMILES string of the molecule is Clc1nc2c(Br)cccc2n2cncc12. The average Bonchev–Trinajstić information content (AvgIpc) is 2.69. The van der Waals surface area contributed by atoms with Gasteiger partial charge >= 0.3 is 0 Å². The van der Waals surface area contributed by atoms with Crippen LogP contribution in [0.5, 0.6) is 0 Å². The Morgan fingerprint density at radius 1 is 1.27 bits per heavy atom. The number of halogens is 2. The van der Waals surface area contributed by atoms with Crippen LogP contribution in [0, 0.1) is 0 Å². The van der Waals surface area contributed by atoms with E-state index in [2.05, 4.69) is 25.9 Å². The third kappa shape index (κ3) is 1.25. The van der Waals surface area contributed by atoms with Crippen LogP contribution in [-0.4, -0.2) is 14.4 Å². The first-order valence-corrected chi connectivity index (χ1v) is 5.50. The molecule has 74 valence electrons. The Morgan fingerprint density at radius 2 is 2.13 bits per heavy atom. The van der Waals surface area contributed by atoms with Crippen LogP contribution in [0.1, 0.15) is 0 Å². The molecular formula is C10H5BrClN3. The summed E-state index contributed by atoms with van der Waals surface area (Å²) < 4.78 is 2.85. The lowest BCUT2D eigenvalue weighted by atomic mass is 10.3. The number of para-hydroxylation sites is 1. The van der Waals surface area contributed by atoms with Gasteiger partial charge in [0.25, 0.3) is 0 Å². The number of imidazole rings is 1. The van der Waals surface area contributed by atoms with Gasteiger partial charge in [0, 0.05) is 4.47 Å². The molecule has 3 nitrogen and oxygen atoms in total. The van der Waals surface area contributed by atoms with Crippen molar-refractivity contribution in [2.75, 3.05) is 0 Å². The highest BCUT2D eigenvalue weighted by molar-refractivity contribution is 9.10. The maximum atomic E-state index is 6.06. The Morgan fingerprint density at radius 3 is 3.00 bits per heavy atom. The van der Waals surface area contributed by atoms with E-state index in [0.717, 1.165) is 21.0 Å². The van der Waals surface area contributed by atoms with E-state index < -0.39 is 0 Å². The summed E-state index contributed by atoms with van der Waals surface area (Å²) in [6, 6.07) is 5.88. The van der Waals surface area contributed by atoms with E-state index in [1.165, 1.54) is 0 Å². The molecular weight excluding hydrogens is 277 g/mol. The van der Waals surface area contributed by atoms with Crippen LogP contribution < -0.4 is 0 Å². The summed E-state index contributed by atoms with van der Waals surface area (Å²) in [6.07, 6.45) is 3.44. The van der Waals surface area contributed by atoms with Gasteiger partial charge in [0.15, 0.2) is 5.15 Å². The Bertz CT molecular complexity index is 662. The number of aromatic nitrogens is 3. The summed E-state index contributed by atoms with van der Waals surface area (Å²) in [6.45, 7) is 0. The van der Waals surface area contributed by atoms with Crippen LogP contribution >= 0.6 is 27.5 Å². The number of fused-ring (bicyclic) bond motifs is 3. The number of hydrogen-bond acceptors (Lipinski definition) is 2. The molecule has 1 aromatic carbocycles. The summed E-state index contributed by atoms with van der Waals surface area (Å²) in [4.78, 5) is 8.40. The highest BCUT2D eigenvalue weighted by atomic mass is 79.9. The minimum absolute atomic E-state index is 0.465. The lowest BCUT2D eigenvalue weighted by Gasteiger charge is -2.04. The van der Waals surface area contributed by atoms with Crippen molar-refractivity contribution >= 4 is 44.1 Å². The van der Waals surface area contributed by atoms with Crippen LogP contribution in [0.25, 0.3) is 16.6 Å². The Hall–Kier alpha value is -1.13. The molecule has 2 aromatic heterocycles. The zero-order valence-electron chi connectivity index (χ0n) is 7.48. The third-order valence-corrected chi connectivity index (χ3v) is 3.20. The zero-order chi connectivity index (χ0) is 10.4. The van der Waals surface area contributed by atoms with Gasteiger partial charge < -0.3 is 0 Å². The van der Waals surface area contributed by atoms with Gasteiger partial charge in [-0.2, -0.15) is 0 Å². The van der Waals surface area contributed by atoms with E-state index in [9.17, 15) is 0 Å². The van der Waals surface area contributed by atoms with Crippen molar-refractivity contribution in [3.05, 3.63) is 40.3 Å². The molecule has 0 saturated heterocycles. The first-order valence-electron chi connectivity index (χ1n) is 4.33. The van der Waals surface area contributed by atoms with Crippen molar-refractivity contribution in [2.45, 2.75) is 0 Å². The molecule has 0 aliphatic rings. The van der Waals surface area contributed by atoms with Crippen LogP contribution in [0.15, 0.2) is 35.2 Å². The molecule has 0 aliphatic carbocycles. The minimum Gasteiger partial charge on any atom is -0.294 e. The van der Waals surface area contributed by atoms with Gasteiger partial charge in [0.05, 0.1) is 18.0 Å². The standard InChI is InChI=1S/C10H5BrClN3/c11-6-2-1-3-7-9(6)14-10(12)8-4-13-5-15(7)8/h1-5H. The van der Waals surface area contributed by atoms with Crippen LogP contribution in [-0.2, 0) is 0 Å². The van der Waals surface area contributed by atoms with E-state index >= 15 is 0 Å². The molecule has 5 heteroatoms. The summed E-state index contributed by atoms with van der Waals surface area (Å²) >= 11 is 9.51. The Labute approximate surface area is 98.8 Å². The first-order chi connectivity index (χ1) is 7.27. The van der Waals surface area contributed by atoms with Gasteiger partial charge in [-0.15, -0.1) is 0 Å². The third-order valence-electron chi connectivity index (χ3n) is 2.28. The fourth-order valence-corrected chi connectivity index (χ4v) is 2.27. The van der Waals surface area contributed by atoms with Gasteiger partial charge in [-0.1, -0.05) is 17.7 Å². The second-order valence-corrected chi connectivity index (χ2v) is 4.37. The second-order valence-electron chi connectivity index (χ2n) is 3.16. The number of benzene rings is 1. The fraction of sp³-hybridized carbons (Fsp3) is 0. The zero-order valence-corrected chi connectivity index (χ0v) is 9.83. The van der Waals surface area contributed by atoms with Crippen molar-refractivity contribution in [1.29, 1.82) is 0 Å². The number of rotatable bonds is 0. The quantitative estimate of drug-likeness (QED) is 0.633. The minimum atomic E-state index is 0.465. The normalized spacial score (nSPS) is 11.3. The molecule has 0 N–H and O–H groups in total. The van der Waals surface area contributed by atoms with Crippen LogP contribution in [0.4, 0.5) is 0 Å². The second kappa shape index (κ2) is 3.18. The van der Waals surface area contributed by atoms with Crippen LogP contribution in [0.2, 0.25) is 5.15 Å². The molecule has 0 spiro atoms. The fourth-order valence-electron chi connectivity index (χ4n) is 1.60. The van der Waals surface area contributed by atoms with E-state index in [4.69, 9.17) is 11.6 Å². The predicted octanol–water partition coefficient (Wildman–Crippen LogP) is 3.30. The maximum absolute atomic E-state index is 6.06. The van der Waals surface area contributed by atoms with Crippen molar-refractivity contribution in [1.82, 2.24) is 14.4 Å². The largest absolute Gasteiger partial charge is 0.294 e. The molecule has 0 bridgehead atoms. The van der Waals surface area contributed by atoms with Gasteiger partial charge in [-0.25, -0.2) is 9.97 Å². The van der Waals surface area contributed by atoms with E-state index in [0.29, 0.717) is 5.15 Å². The molecule has 0 aliphatic heterocycles. The molecule has 0 fully saturated rings. The molecule has 0 unspecified atom stereocenters. The predicted molar refractivity (Wildman–Crippen MR) is 63.2 cm³/mol. The first kappa shape index (κ1) is 9.12. The molecule has 0 radical (unpaired) electrons. The topological polar surface area (TPSA) is 30.2 Å². The van der Waals surface area contributed by atoms with Crippen molar-refractivity contribution in [3.8, 4) is 0 Å². The summed E-state index contributed by atoms with van der Waals surface area (Å²) in [7, 11) is 0. The van der Waals surface area contributed by atoms with Gasteiger partial charge in [0.1, 0.15) is 11.0 Å². The van der Waals surface area contributed by atoms with E-state index in [1.54, 1.807) is 12.5 Å². The summed E-state index contributed by atoms with van der Waals surface area (Å²) in [5, 5.41) is 0.465. The molecule has 2 heterocycles. The van der Waals surface area contributed by atoms with Gasteiger partial charge in [-0.3, -0.25) is 4.40 Å². The van der Waals surface area contributed by atoms with E-state index in [-0.39, 0.29) is 0 Å². The number of nitrogens with zero attached hydrogens (tertiary/aromatic N) is 3. The van der Waals surface area contributed by atoms with Gasteiger partial charge in [-0.05, 0) is 28.1 Å². The summed E-state index contributed by atoms with van der Waals surface area (Å²) in [5.74, 6) is 0. The molecule has 15 heavy (non-hydrogen) atoms. The van der Waals surface area contributed by atoms with Crippen molar-refractivity contribution < 1.29 is 0 Å².